The molecule has 1 aliphatic rings. The van der Waals surface area contributed by atoms with Gasteiger partial charge in [0.25, 0.3) is 0 Å². The summed E-state index contributed by atoms with van der Waals surface area (Å²) in [6.45, 7) is 3.55. The molecule has 0 unspecified atom stereocenters. The molecule has 0 radical (unpaired) electrons. The number of nitrogens with zero attached hydrogens (tertiary/aromatic N) is 2. The van der Waals surface area contributed by atoms with Crippen LogP contribution in [0.5, 0.6) is 11.5 Å². The maximum absolute atomic E-state index is 12.5. The Balaban J connectivity index is 1.84. The minimum atomic E-state index is -1.29. The lowest BCUT2D eigenvalue weighted by molar-refractivity contribution is 0.0693. The molecule has 148 valence electrons. The number of rotatable bonds is 5. The molecule has 0 bridgehead atoms. The van der Waals surface area contributed by atoms with Crippen LogP contribution in [-0.2, 0) is 0 Å². The first-order valence-electron chi connectivity index (χ1n) is 9.24. The first kappa shape index (κ1) is 19.5. The van der Waals surface area contributed by atoms with Crippen molar-refractivity contribution in [1.82, 2.24) is 14.8 Å². The van der Waals surface area contributed by atoms with Crippen LogP contribution in [0.2, 0.25) is 0 Å². The standard InChI is InChI=1S/C20H23N3O5/c1-2-21-20(27)22-10-8-14(9-11-22)23-12-16(19(25)26)18(24)17(13-23)28-15-6-4-3-5-7-15/h3-7,12-14H,2,8-11H2,1H3,(H,21,27)(H,25,26). The molecule has 2 N–H and O–H groups in total. The molecular weight excluding hydrogens is 362 g/mol. The number of carbonyl (C=O) groups is 2. The Kier molecular flexibility index (Phi) is 5.98. The highest BCUT2D eigenvalue weighted by Gasteiger charge is 2.25. The minimum absolute atomic E-state index is 0.0255. The molecule has 8 nitrogen and oxygen atoms in total. The molecule has 2 amide bonds. The number of aromatic nitrogens is 1. The van der Waals surface area contributed by atoms with Gasteiger partial charge in [-0.1, -0.05) is 18.2 Å². The number of ether oxygens (including phenoxy) is 1. The van der Waals surface area contributed by atoms with E-state index in [9.17, 15) is 19.5 Å². The lowest BCUT2D eigenvalue weighted by atomic mass is 10.0. The Morgan fingerprint density at radius 2 is 1.86 bits per heavy atom. The Hall–Kier alpha value is -3.29. The van der Waals surface area contributed by atoms with E-state index in [4.69, 9.17) is 4.74 Å². The lowest BCUT2D eigenvalue weighted by Crippen LogP contribution is -2.44. The van der Waals surface area contributed by atoms with Crippen LogP contribution in [0.3, 0.4) is 0 Å². The van der Waals surface area contributed by atoms with Crippen LogP contribution in [0.4, 0.5) is 4.79 Å². The fourth-order valence-electron chi connectivity index (χ4n) is 3.25. The number of benzene rings is 1. The van der Waals surface area contributed by atoms with E-state index in [-0.39, 0.29) is 23.4 Å². The highest BCUT2D eigenvalue weighted by Crippen LogP contribution is 2.25. The summed E-state index contributed by atoms with van der Waals surface area (Å²) in [7, 11) is 0. The van der Waals surface area contributed by atoms with Crippen LogP contribution in [0, 0.1) is 0 Å². The number of carbonyl (C=O) groups excluding carboxylic acids is 1. The van der Waals surface area contributed by atoms with Crippen molar-refractivity contribution >= 4 is 12.0 Å². The molecule has 1 aromatic carbocycles. The van der Waals surface area contributed by atoms with Crippen molar-refractivity contribution in [2.45, 2.75) is 25.8 Å². The van der Waals surface area contributed by atoms with Gasteiger partial charge in [-0.2, -0.15) is 0 Å². The predicted octanol–water partition coefficient (Wildman–Crippen LogP) is 2.71. The average Bonchev–Trinajstić information content (AvgIpc) is 2.70. The van der Waals surface area contributed by atoms with Crippen molar-refractivity contribution < 1.29 is 19.4 Å². The maximum Gasteiger partial charge on any atom is 0.341 e. The van der Waals surface area contributed by atoms with Gasteiger partial charge in [-0.3, -0.25) is 4.79 Å². The molecule has 1 aromatic heterocycles. The number of carboxylic acids is 1. The number of nitrogens with one attached hydrogen (secondary N) is 1. The molecule has 2 aromatic rings. The van der Waals surface area contributed by atoms with Crippen molar-refractivity contribution in [3.63, 3.8) is 0 Å². The third kappa shape index (κ3) is 4.33. The SMILES string of the molecule is CCNC(=O)N1CCC(n2cc(Oc3ccccc3)c(=O)c(C(=O)O)c2)CC1. The van der Waals surface area contributed by atoms with Crippen LogP contribution in [0.15, 0.2) is 47.5 Å². The number of amides is 2. The van der Waals surface area contributed by atoms with Gasteiger partial charge in [-0.05, 0) is 31.9 Å². The number of urea groups is 1. The van der Waals surface area contributed by atoms with Gasteiger partial charge >= 0.3 is 12.0 Å². The second-order valence-electron chi connectivity index (χ2n) is 6.59. The molecule has 1 saturated heterocycles. The number of hydrogen-bond donors (Lipinski definition) is 2. The number of piperidine rings is 1. The van der Waals surface area contributed by atoms with E-state index in [1.54, 1.807) is 39.9 Å². The largest absolute Gasteiger partial charge is 0.477 e. The van der Waals surface area contributed by atoms with Gasteiger partial charge in [-0.25, -0.2) is 9.59 Å². The molecule has 1 aliphatic heterocycles. The number of likely N-dealkylation sites (tertiary alicyclic amines) is 1. The highest BCUT2D eigenvalue weighted by atomic mass is 16.5. The summed E-state index contributed by atoms with van der Waals surface area (Å²) in [5.41, 5.74) is -0.994. The second kappa shape index (κ2) is 8.60. The summed E-state index contributed by atoms with van der Waals surface area (Å²) < 4.78 is 7.37. The number of pyridine rings is 1. The second-order valence-corrected chi connectivity index (χ2v) is 6.59. The molecule has 1 fully saturated rings. The molecule has 0 spiro atoms. The minimum Gasteiger partial charge on any atom is -0.477 e. The zero-order valence-electron chi connectivity index (χ0n) is 15.6. The fourth-order valence-corrected chi connectivity index (χ4v) is 3.25. The Morgan fingerprint density at radius 1 is 1.18 bits per heavy atom. The smallest absolute Gasteiger partial charge is 0.341 e. The summed E-state index contributed by atoms with van der Waals surface area (Å²) in [5, 5.41) is 12.2. The van der Waals surface area contributed by atoms with Gasteiger partial charge in [0, 0.05) is 31.9 Å². The van der Waals surface area contributed by atoms with Crippen molar-refractivity contribution in [3.05, 3.63) is 58.5 Å². The van der Waals surface area contributed by atoms with Gasteiger partial charge in [0.05, 0.1) is 6.20 Å². The third-order valence-electron chi connectivity index (χ3n) is 4.72. The van der Waals surface area contributed by atoms with Gasteiger partial charge in [0.15, 0.2) is 5.75 Å². The first-order chi connectivity index (χ1) is 13.5. The van der Waals surface area contributed by atoms with Crippen LogP contribution >= 0.6 is 0 Å². The quantitative estimate of drug-likeness (QED) is 0.824. The summed E-state index contributed by atoms with van der Waals surface area (Å²) in [5.74, 6) is -0.867. The van der Waals surface area contributed by atoms with E-state index < -0.39 is 11.4 Å². The average molecular weight is 385 g/mol. The summed E-state index contributed by atoms with van der Waals surface area (Å²) >= 11 is 0. The third-order valence-corrected chi connectivity index (χ3v) is 4.72. The van der Waals surface area contributed by atoms with Gasteiger partial charge in [0.1, 0.15) is 11.3 Å². The molecule has 3 rings (SSSR count). The van der Waals surface area contributed by atoms with Crippen molar-refractivity contribution in [1.29, 1.82) is 0 Å². The summed E-state index contributed by atoms with van der Waals surface area (Å²) in [4.78, 5) is 37.7. The summed E-state index contributed by atoms with van der Waals surface area (Å²) in [6, 6.07) is 8.63. The van der Waals surface area contributed by atoms with E-state index in [1.807, 2.05) is 13.0 Å². The van der Waals surface area contributed by atoms with Crippen LogP contribution < -0.4 is 15.5 Å². The molecule has 0 saturated carbocycles. The number of para-hydroxylation sites is 1. The van der Waals surface area contributed by atoms with Crippen molar-refractivity contribution in [2.24, 2.45) is 0 Å². The highest BCUT2D eigenvalue weighted by molar-refractivity contribution is 5.87. The van der Waals surface area contributed by atoms with E-state index in [2.05, 4.69) is 5.32 Å². The topological polar surface area (TPSA) is 101 Å². The van der Waals surface area contributed by atoms with E-state index in [0.717, 1.165) is 0 Å². The number of hydrogen-bond acceptors (Lipinski definition) is 4. The predicted molar refractivity (Wildman–Crippen MR) is 103 cm³/mol. The number of aromatic carboxylic acids is 1. The van der Waals surface area contributed by atoms with Gasteiger partial charge in [-0.15, -0.1) is 0 Å². The zero-order chi connectivity index (χ0) is 20.1. The van der Waals surface area contributed by atoms with Gasteiger partial charge in [0.2, 0.25) is 5.43 Å². The maximum atomic E-state index is 12.5. The van der Waals surface area contributed by atoms with Crippen LogP contribution in [0.25, 0.3) is 0 Å². The van der Waals surface area contributed by atoms with Gasteiger partial charge < -0.3 is 24.6 Å². The Bertz CT molecular complexity index is 902. The Morgan fingerprint density at radius 3 is 2.46 bits per heavy atom. The number of carboxylic acid groups (broad SMARTS) is 1. The van der Waals surface area contributed by atoms with E-state index in [0.29, 0.717) is 38.2 Å². The van der Waals surface area contributed by atoms with E-state index >= 15 is 0 Å². The van der Waals surface area contributed by atoms with Crippen LogP contribution in [0.1, 0.15) is 36.2 Å². The fraction of sp³-hybridized carbons (Fsp3) is 0.350. The van der Waals surface area contributed by atoms with Crippen LogP contribution in [-0.4, -0.2) is 46.2 Å². The van der Waals surface area contributed by atoms with E-state index in [1.165, 1.54) is 6.20 Å². The summed E-state index contributed by atoms with van der Waals surface area (Å²) in [6.07, 6.45) is 4.22. The molecule has 0 atom stereocenters. The normalized spacial score (nSPS) is 14.5. The molecule has 0 aliphatic carbocycles. The molecule has 8 heteroatoms. The molecular formula is C20H23N3O5. The van der Waals surface area contributed by atoms with Crippen molar-refractivity contribution in [3.8, 4) is 11.5 Å². The first-order valence-corrected chi connectivity index (χ1v) is 9.24. The molecule has 28 heavy (non-hydrogen) atoms. The lowest BCUT2D eigenvalue weighted by Gasteiger charge is -2.33. The zero-order valence-corrected chi connectivity index (χ0v) is 15.6. The van der Waals surface area contributed by atoms with Crippen molar-refractivity contribution in [2.75, 3.05) is 19.6 Å². The molecule has 2 heterocycles. The Labute approximate surface area is 162 Å². The monoisotopic (exact) mass is 385 g/mol.